The summed E-state index contributed by atoms with van der Waals surface area (Å²) < 4.78 is 5.11. The number of aliphatic carboxylic acids is 1. The fraction of sp³-hybridized carbons (Fsp3) is 0.727. The number of ether oxygens (including phenoxy) is 1. The van der Waals surface area contributed by atoms with Crippen LogP contribution in [0.15, 0.2) is 0 Å². The Morgan fingerprint density at radius 2 is 2.00 bits per heavy atom. The first-order chi connectivity index (χ1) is 7.67. The molecule has 0 saturated carbocycles. The molecule has 1 aliphatic heterocycles. The molecule has 6 heteroatoms. The van der Waals surface area contributed by atoms with Crippen LogP contribution in [0, 0.1) is 16.7 Å². The van der Waals surface area contributed by atoms with Crippen molar-refractivity contribution in [1.29, 1.82) is 5.26 Å². The van der Waals surface area contributed by atoms with E-state index in [-0.39, 0.29) is 19.5 Å². The summed E-state index contributed by atoms with van der Waals surface area (Å²) in [6, 6.07) is 1.96. The van der Waals surface area contributed by atoms with Crippen LogP contribution in [0.4, 0.5) is 4.79 Å². The van der Waals surface area contributed by atoms with Gasteiger partial charge in [0.05, 0.1) is 12.5 Å². The predicted octanol–water partition coefficient (Wildman–Crippen LogP) is 1.22. The van der Waals surface area contributed by atoms with Crippen LogP contribution in [0.5, 0.6) is 0 Å². The fourth-order valence-corrected chi connectivity index (χ4v) is 1.65. The number of amides is 1. The van der Waals surface area contributed by atoms with Gasteiger partial charge in [-0.15, -0.1) is 0 Å². The summed E-state index contributed by atoms with van der Waals surface area (Å²) in [7, 11) is 0. The number of likely N-dealkylation sites (tertiary alicyclic amines) is 1. The minimum atomic E-state index is -1.03. The third-order valence-electron chi connectivity index (χ3n) is 2.37. The molecule has 0 bridgehead atoms. The molecule has 1 fully saturated rings. The monoisotopic (exact) mass is 240 g/mol. The van der Waals surface area contributed by atoms with E-state index >= 15 is 0 Å². The number of carbonyl (C=O) groups is 2. The summed E-state index contributed by atoms with van der Waals surface area (Å²) >= 11 is 0. The summed E-state index contributed by atoms with van der Waals surface area (Å²) in [5, 5.41) is 17.6. The fourth-order valence-electron chi connectivity index (χ4n) is 1.65. The molecule has 0 aliphatic carbocycles. The van der Waals surface area contributed by atoms with Crippen molar-refractivity contribution in [3.8, 4) is 6.07 Å². The van der Waals surface area contributed by atoms with Crippen molar-refractivity contribution in [2.75, 3.05) is 13.1 Å². The number of carboxylic acid groups (broad SMARTS) is 1. The van der Waals surface area contributed by atoms with E-state index in [1.54, 1.807) is 20.8 Å². The lowest BCUT2D eigenvalue weighted by atomic mass is 9.78. The van der Waals surface area contributed by atoms with Gasteiger partial charge in [0, 0.05) is 13.1 Å². The van der Waals surface area contributed by atoms with Gasteiger partial charge >= 0.3 is 12.1 Å². The minimum absolute atomic E-state index is 0.116. The number of hydrogen-bond donors (Lipinski definition) is 1. The van der Waals surface area contributed by atoms with Gasteiger partial charge in [0.25, 0.3) is 0 Å². The molecule has 0 unspecified atom stereocenters. The summed E-state index contributed by atoms with van der Waals surface area (Å²) in [6.45, 7) is 5.48. The Kier molecular flexibility index (Phi) is 3.32. The number of rotatable bonds is 2. The van der Waals surface area contributed by atoms with Crippen LogP contribution in [0.1, 0.15) is 27.2 Å². The molecule has 1 N–H and O–H groups in total. The van der Waals surface area contributed by atoms with Gasteiger partial charge in [0.1, 0.15) is 11.0 Å². The van der Waals surface area contributed by atoms with Gasteiger partial charge in [0.2, 0.25) is 0 Å². The average Bonchev–Trinajstić information content (AvgIpc) is 2.06. The lowest BCUT2D eigenvalue weighted by Crippen LogP contribution is -2.59. The second kappa shape index (κ2) is 4.24. The van der Waals surface area contributed by atoms with E-state index in [1.165, 1.54) is 4.90 Å². The second-order valence-electron chi connectivity index (χ2n) is 5.30. The van der Waals surface area contributed by atoms with Gasteiger partial charge in [-0.05, 0) is 20.8 Å². The molecule has 0 spiro atoms. The summed E-state index contributed by atoms with van der Waals surface area (Å²) in [6.07, 6.45) is -0.753. The van der Waals surface area contributed by atoms with Gasteiger partial charge in [-0.1, -0.05) is 0 Å². The number of nitrogens with zero attached hydrogens (tertiary/aromatic N) is 2. The Hall–Kier alpha value is -1.77. The van der Waals surface area contributed by atoms with Gasteiger partial charge < -0.3 is 14.7 Å². The van der Waals surface area contributed by atoms with Crippen molar-refractivity contribution in [1.82, 2.24) is 4.90 Å². The van der Waals surface area contributed by atoms with Crippen LogP contribution in [-0.2, 0) is 9.53 Å². The third-order valence-corrected chi connectivity index (χ3v) is 2.37. The van der Waals surface area contributed by atoms with Crippen LogP contribution >= 0.6 is 0 Å². The highest BCUT2D eigenvalue weighted by molar-refractivity contribution is 5.72. The van der Waals surface area contributed by atoms with Crippen molar-refractivity contribution < 1.29 is 19.4 Å². The zero-order chi connectivity index (χ0) is 13.3. The second-order valence-corrected chi connectivity index (χ2v) is 5.30. The van der Waals surface area contributed by atoms with E-state index in [9.17, 15) is 9.59 Å². The Balaban J connectivity index is 2.53. The van der Waals surface area contributed by atoms with Crippen molar-refractivity contribution in [3.05, 3.63) is 0 Å². The van der Waals surface area contributed by atoms with Crippen molar-refractivity contribution in [3.63, 3.8) is 0 Å². The molecule has 0 radical (unpaired) electrons. The molecule has 0 aromatic carbocycles. The zero-order valence-electron chi connectivity index (χ0n) is 10.2. The molecule has 0 atom stereocenters. The van der Waals surface area contributed by atoms with E-state index < -0.39 is 23.1 Å². The zero-order valence-corrected chi connectivity index (χ0v) is 10.2. The molecule has 94 valence electrons. The van der Waals surface area contributed by atoms with Gasteiger partial charge in [-0.25, -0.2) is 4.79 Å². The summed E-state index contributed by atoms with van der Waals surface area (Å²) in [5.74, 6) is -1.03. The predicted molar refractivity (Wildman–Crippen MR) is 58.1 cm³/mol. The standard InChI is InChI=1S/C11H16N2O4/c1-10(2,3)17-9(16)13-6-11(5-12,7-13)4-8(14)15/h4,6-7H2,1-3H3,(H,14,15). The molecular weight excluding hydrogens is 224 g/mol. The van der Waals surface area contributed by atoms with Crippen molar-refractivity contribution >= 4 is 12.1 Å². The lowest BCUT2D eigenvalue weighted by molar-refractivity contribution is -0.141. The molecule has 1 aliphatic rings. The normalized spacial score (nSPS) is 17.9. The van der Waals surface area contributed by atoms with Crippen molar-refractivity contribution in [2.45, 2.75) is 32.8 Å². The first-order valence-electron chi connectivity index (χ1n) is 5.28. The Morgan fingerprint density at radius 3 is 2.35 bits per heavy atom. The first kappa shape index (κ1) is 13.3. The van der Waals surface area contributed by atoms with Crippen LogP contribution in [0.3, 0.4) is 0 Å². The molecule has 1 rings (SSSR count). The maximum absolute atomic E-state index is 11.6. The Bertz CT molecular complexity index is 372. The third kappa shape index (κ3) is 3.34. The quantitative estimate of drug-likeness (QED) is 0.783. The molecule has 1 saturated heterocycles. The average molecular weight is 240 g/mol. The molecule has 0 aromatic heterocycles. The van der Waals surface area contributed by atoms with Crippen LogP contribution in [0.2, 0.25) is 0 Å². The van der Waals surface area contributed by atoms with E-state index in [4.69, 9.17) is 15.1 Å². The highest BCUT2D eigenvalue weighted by Gasteiger charge is 2.48. The van der Waals surface area contributed by atoms with Gasteiger partial charge in [-0.3, -0.25) is 4.79 Å². The molecule has 17 heavy (non-hydrogen) atoms. The number of hydrogen-bond acceptors (Lipinski definition) is 4. The maximum Gasteiger partial charge on any atom is 0.410 e. The van der Waals surface area contributed by atoms with Gasteiger partial charge in [0.15, 0.2) is 0 Å². The van der Waals surface area contributed by atoms with E-state index in [1.807, 2.05) is 6.07 Å². The SMILES string of the molecule is CC(C)(C)OC(=O)N1CC(C#N)(CC(=O)O)C1. The smallest absolute Gasteiger partial charge is 0.410 e. The van der Waals surface area contributed by atoms with Crippen LogP contribution in [-0.4, -0.2) is 40.8 Å². The van der Waals surface area contributed by atoms with Crippen molar-refractivity contribution in [2.24, 2.45) is 5.41 Å². The Labute approximate surface area is 99.8 Å². The molecule has 1 amide bonds. The largest absolute Gasteiger partial charge is 0.481 e. The number of carbonyl (C=O) groups excluding carboxylic acids is 1. The summed E-state index contributed by atoms with van der Waals surface area (Å²) in [5.41, 5.74) is -1.54. The van der Waals surface area contributed by atoms with E-state index in [0.717, 1.165) is 0 Å². The van der Waals surface area contributed by atoms with E-state index in [0.29, 0.717) is 0 Å². The summed E-state index contributed by atoms with van der Waals surface area (Å²) in [4.78, 5) is 23.5. The maximum atomic E-state index is 11.6. The van der Waals surface area contributed by atoms with Crippen LogP contribution in [0.25, 0.3) is 0 Å². The van der Waals surface area contributed by atoms with E-state index in [2.05, 4.69) is 0 Å². The minimum Gasteiger partial charge on any atom is -0.481 e. The lowest BCUT2D eigenvalue weighted by Gasteiger charge is -2.44. The topological polar surface area (TPSA) is 90.6 Å². The molecule has 1 heterocycles. The number of carboxylic acids is 1. The molecular formula is C11H16N2O4. The van der Waals surface area contributed by atoms with Gasteiger partial charge in [-0.2, -0.15) is 5.26 Å². The number of nitriles is 1. The Morgan fingerprint density at radius 1 is 1.47 bits per heavy atom. The first-order valence-corrected chi connectivity index (χ1v) is 5.28. The highest BCUT2D eigenvalue weighted by Crippen LogP contribution is 2.34. The van der Waals surface area contributed by atoms with Crippen LogP contribution < -0.4 is 0 Å². The highest BCUT2D eigenvalue weighted by atomic mass is 16.6. The molecule has 0 aromatic rings. The molecule has 6 nitrogen and oxygen atoms in total.